The monoisotopic (exact) mass is 332 g/mol. The third kappa shape index (κ3) is 3.33. The first-order valence-electron chi connectivity index (χ1n) is 8.65. The molecule has 4 nitrogen and oxygen atoms in total. The van der Waals surface area contributed by atoms with Gasteiger partial charge in [0.1, 0.15) is 6.61 Å². The fourth-order valence-electron chi connectivity index (χ4n) is 3.42. The highest BCUT2D eigenvalue weighted by Gasteiger charge is 2.27. The molecule has 2 aromatic carbocycles. The van der Waals surface area contributed by atoms with Gasteiger partial charge in [-0.25, -0.2) is 4.68 Å². The Morgan fingerprint density at radius 1 is 1.12 bits per heavy atom. The molecule has 3 aromatic rings. The molecule has 1 aliphatic carbocycles. The molecule has 0 bridgehead atoms. The van der Waals surface area contributed by atoms with E-state index >= 15 is 0 Å². The van der Waals surface area contributed by atoms with Crippen LogP contribution in [0.25, 0.3) is 5.69 Å². The molecule has 0 saturated carbocycles. The van der Waals surface area contributed by atoms with Gasteiger partial charge in [-0.15, -0.1) is 0 Å². The number of hydrogen-bond donors (Lipinski definition) is 0. The number of esters is 1. The van der Waals surface area contributed by atoms with Crippen molar-refractivity contribution in [2.75, 3.05) is 0 Å². The van der Waals surface area contributed by atoms with E-state index in [1.807, 2.05) is 48.7 Å². The molecular formula is C21H20N2O2. The van der Waals surface area contributed by atoms with Gasteiger partial charge in [0, 0.05) is 12.4 Å². The minimum Gasteiger partial charge on any atom is -0.460 e. The van der Waals surface area contributed by atoms with Crippen LogP contribution < -0.4 is 0 Å². The van der Waals surface area contributed by atoms with Crippen molar-refractivity contribution in [1.29, 1.82) is 0 Å². The molecule has 0 spiro atoms. The van der Waals surface area contributed by atoms with E-state index in [2.05, 4.69) is 17.2 Å². The number of rotatable bonds is 4. The minimum atomic E-state index is -0.131. The molecular weight excluding hydrogens is 312 g/mol. The average molecular weight is 332 g/mol. The molecule has 4 rings (SSSR count). The van der Waals surface area contributed by atoms with E-state index in [-0.39, 0.29) is 11.9 Å². The summed E-state index contributed by atoms with van der Waals surface area (Å²) < 4.78 is 7.39. The van der Waals surface area contributed by atoms with Gasteiger partial charge in [-0.05, 0) is 54.2 Å². The Hall–Kier alpha value is -2.88. The quantitative estimate of drug-likeness (QED) is 0.677. The molecule has 1 atom stereocenters. The summed E-state index contributed by atoms with van der Waals surface area (Å²) in [6.45, 7) is 0.302. The summed E-state index contributed by atoms with van der Waals surface area (Å²) in [5, 5.41) is 4.20. The molecule has 4 heteroatoms. The van der Waals surface area contributed by atoms with E-state index in [1.54, 1.807) is 10.9 Å². The SMILES string of the molecule is O=C(OCc1ccc(-n2cccn2)cc1)C1CCCc2ccccc21. The lowest BCUT2D eigenvalue weighted by Crippen LogP contribution is -2.20. The predicted octanol–water partition coefficient (Wildman–Crippen LogP) is 4.04. The number of benzene rings is 2. The lowest BCUT2D eigenvalue weighted by atomic mass is 9.83. The molecule has 0 fully saturated rings. The van der Waals surface area contributed by atoms with Crippen molar-refractivity contribution in [3.63, 3.8) is 0 Å². The van der Waals surface area contributed by atoms with Crippen LogP contribution in [0.5, 0.6) is 0 Å². The molecule has 0 radical (unpaired) electrons. The molecule has 25 heavy (non-hydrogen) atoms. The molecule has 0 amide bonds. The second-order valence-corrected chi connectivity index (χ2v) is 6.37. The smallest absolute Gasteiger partial charge is 0.313 e. The predicted molar refractivity (Wildman–Crippen MR) is 95.5 cm³/mol. The highest BCUT2D eigenvalue weighted by molar-refractivity contribution is 5.79. The minimum absolute atomic E-state index is 0.122. The second kappa shape index (κ2) is 6.93. The number of carbonyl (C=O) groups excluding carboxylic acids is 1. The number of nitrogens with zero attached hydrogens (tertiary/aromatic N) is 2. The van der Waals surface area contributed by atoms with Crippen molar-refractivity contribution in [3.8, 4) is 5.69 Å². The molecule has 1 unspecified atom stereocenters. The van der Waals surface area contributed by atoms with Crippen LogP contribution in [0.2, 0.25) is 0 Å². The number of carbonyl (C=O) groups is 1. The molecule has 1 heterocycles. The first kappa shape index (κ1) is 15.6. The number of aromatic nitrogens is 2. The summed E-state index contributed by atoms with van der Waals surface area (Å²) in [4.78, 5) is 12.6. The largest absolute Gasteiger partial charge is 0.460 e. The Bertz CT molecular complexity index is 854. The summed E-state index contributed by atoms with van der Waals surface area (Å²) in [5.41, 5.74) is 4.38. The van der Waals surface area contributed by atoms with Gasteiger partial charge in [-0.1, -0.05) is 36.4 Å². The summed E-state index contributed by atoms with van der Waals surface area (Å²) in [6.07, 6.45) is 6.60. The molecule has 1 aliphatic rings. The van der Waals surface area contributed by atoms with Crippen molar-refractivity contribution >= 4 is 5.97 Å². The zero-order valence-electron chi connectivity index (χ0n) is 14.0. The lowest BCUT2D eigenvalue weighted by molar-refractivity contribution is -0.147. The fraction of sp³-hybridized carbons (Fsp3) is 0.238. The van der Waals surface area contributed by atoms with Crippen LogP contribution in [0.1, 0.15) is 35.4 Å². The zero-order chi connectivity index (χ0) is 17.1. The van der Waals surface area contributed by atoms with Crippen LogP contribution in [0.15, 0.2) is 67.0 Å². The standard InChI is InChI=1S/C21H20N2O2/c24-21(20-8-3-6-17-5-1-2-7-19(17)20)25-15-16-9-11-18(12-10-16)23-14-4-13-22-23/h1-2,4-5,7,9-14,20H,3,6,8,15H2. The highest BCUT2D eigenvalue weighted by atomic mass is 16.5. The zero-order valence-corrected chi connectivity index (χ0v) is 14.0. The van der Waals surface area contributed by atoms with E-state index < -0.39 is 0 Å². The second-order valence-electron chi connectivity index (χ2n) is 6.37. The Balaban J connectivity index is 1.41. The van der Waals surface area contributed by atoms with Gasteiger partial charge in [-0.3, -0.25) is 4.79 Å². The first-order chi connectivity index (χ1) is 12.3. The fourth-order valence-corrected chi connectivity index (χ4v) is 3.42. The summed E-state index contributed by atoms with van der Waals surface area (Å²) >= 11 is 0. The topological polar surface area (TPSA) is 44.1 Å². The Kier molecular flexibility index (Phi) is 4.34. The highest BCUT2D eigenvalue weighted by Crippen LogP contribution is 2.32. The molecule has 126 valence electrons. The van der Waals surface area contributed by atoms with E-state index in [4.69, 9.17) is 4.74 Å². The molecule has 0 saturated heterocycles. The van der Waals surface area contributed by atoms with E-state index in [0.717, 1.165) is 36.1 Å². The molecule has 1 aromatic heterocycles. The third-order valence-corrected chi connectivity index (χ3v) is 4.74. The Labute approximate surface area is 147 Å². The normalized spacial score (nSPS) is 16.2. The van der Waals surface area contributed by atoms with Gasteiger partial charge in [0.25, 0.3) is 0 Å². The van der Waals surface area contributed by atoms with E-state index in [0.29, 0.717) is 6.61 Å². The maximum absolute atomic E-state index is 12.6. The number of ether oxygens (including phenoxy) is 1. The van der Waals surface area contributed by atoms with Gasteiger partial charge in [0.15, 0.2) is 0 Å². The number of aryl methyl sites for hydroxylation is 1. The van der Waals surface area contributed by atoms with Gasteiger partial charge in [0.2, 0.25) is 0 Å². The van der Waals surface area contributed by atoms with Crippen LogP contribution in [0, 0.1) is 0 Å². The average Bonchev–Trinajstić information content (AvgIpc) is 3.21. The van der Waals surface area contributed by atoms with E-state index in [9.17, 15) is 4.79 Å². The molecule has 0 N–H and O–H groups in total. The Morgan fingerprint density at radius 2 is 1.96 bits per heavy atom. The van der Waals surface area contributed by atoms with Gasteiger partial charge >= 0.3 is 5.97 Å². The van der Waals surface area contributed by atoms with Crippen molar-refractivity contribution in [1.82, 2.24) is 9.78 Å². The lowest BCUT2D eigenvalue weighted by Gasteiger charge is -2.23. The van der Waals surface area contributed by atoms with Crippen molar-refractivity contribution in [2.24, 2.45) is 0 Å². The summed E-state index contributed by atoms with van der Waals surface area (Å²) in [6, 6.07) is 18.0. The van der Waals surface area contributed by atoms with Gasteiger partial charge < -0.3 is 4.74 Å². The van der Waals surface area contributed by atoms with Crippen LogP contribution in [-0.2, 0) is 22.6 Å². The maximum atomic E-state index is 12.6. The van der Waals surface area contributed by atoms with Crippen LogP contribution >= 0.6 is 0 Å². The van der Waals surface area contributed by atoms with Crippen molar-refractivity contribution in [3.05, 3.63) is 83.7 Å². The molecule has 0 aliphatic heterocycles. The number of hydrogen-bond acceptors (Lipinski definition) is 3. The maximum Gasteiger partial charge on any atom is 0.313 e. The van der Waals surface area contributed by atoms with E-state index in [1.165, 1.54) is 5.56 Å². The number of fused-ring (bicyclic) bond motifs is 1. The van der Waals surface area contributed by atoms with Crippen LogP contribution in [-0.4, -0.2) is 15.7 Å². The first-order valence-corrected chi connectivity index (χ1v) is 8.65. The van der Waals surface area contributed by atoms with Crippen molar-refractivity contribution < 1.29 is 9.53 Å². The van der Waals surface area contributed by atoms with Crippen LogP contribution in [0.3, 0.4) is 0 Å². The Morgan fingerprint density at radius 3 is 2.76 bits per heavy atom. The van der Waals surface area contributed by atoms with Gasteiger partial charge in [0.05, 0.1) is 11.6 Å². The third-order valence-electron chi connectivity index (χ3n) is 4.74. The van der Waals surface area contributed by atoms with Gasteiger partial charge in [-0.2, -0.15) is 5.10 Å². The van der Waals surface area contributed by atoms with Crippen molar-refractivity contribution in [2.45, 2.75) is 31.8 Å². The summed E-state index contributed by atoms with van der Waals surface area (Å²) in [5.74, 6) is -0.253. The summed E-state index contributed by atoms with van der Waals surface area (Å²) in [7, 11) is 0. The van der Waals surface area contributed by atoms with Crippen LogP contribution in [0.4, 0.5) is 0 Å².